The second kappa shape index (κ2) is 7.43. The van der Waals surface area contributed by atoms with Gasteiger partial charge in [0.25, 0.3) is 0 Å². The first-order chi connectivity index (χ1) is 11.9. The highest BCUT2D eigenvalue weighted by molar-refractivity contribution is 7.89. The van der Waals surface area contributed by atoms with Gasteiger partial charge in [0.05, 0.1) is 4.90 Å². The number of rotatable bonds is 7. The van der Waals surface area contributed by atoms with Crippen molar-refractivity contribution in [1.82, 2.24) is 9.21 Å². The number of hydrogen-bond donors (Lipinski definition) is 1. The van der Waals surface area contributed by atoms with Crippen molar-refractivity contribution in [3.05, 3.63) is 29.8 Å². The molecule has 0 bridgehead atoms. The highest BCUT2D eigenvalue weighted by atomic mass is 32.2. The number of benzene rings is 1. The summed E-state index contributed by atoms with van der Waals surface area (Å²) < 4.78 is 27.1. The number of hydrogen-bond acceptors (Lipinski definition) is 4. The van der Waals surface area contributed by atoms with E-state index in [9.17, 15) is 18.3 Å². The van der Waals surface area contributed by atoms with E-state index in [0.29, 0.717) is 31.1 Å². The second-order valence-electron chi connectivity index (χ2n) is 6.95. The van der Waals surface area contributed by atoms with Crippen molar-refractivity contribution in [3.63, 3.8) is 0 Å². The molecule has 0 spiro atoms. The number of carbonyl (C=O) groups is 1. The van der Waals surface area contributed by atoms with Crippen LogP contribution in [0.4, 0.5) is 0 Å². The fourth-order valence-electron chi connectivity index (χ4n) is 3.56. The van der Waals surface area contributed by atoms with E-state index in [1.807, 2.05) is 17.0 Å². The lowest BCUT2D eigenvalue weighted by molar-refractivity contribution is -0.144. The van der Waals surface area contributed by atoms with Crippen LogP contribution in [-0.2, 0) is 21.2 Å². The largest absolute Gasteiger partial charge is 0.480 e. The van der Waals surface area contributed by atoms with Gasteiger partial charge in [-0.15, -0.1) is 0 Å². The summed E-state index contributed by atoms with van der Waals surface area (Å²) in [4.78, 5) is 13.7. The summed E-state index contributed by atoms with van der Waals surface area (Å²) in [6, 6.07) is 6.65. The van der Waals surface area contributed by atoms with Gasteiger partial charge in [0.15, 0.2) is 0 Å². The second-order valence-corrected chi connectivity index (χ2v) is 8.89. The zero-order valence-corrected chi connectivity index (χ0v) is 15.4. The third kappa shape index (κ3) is 4.04. The Hall–Kier alpha value is -1.44. The molecule has 3 rings (SSSR count). The molecule has 1 atom stereocenters. The third-order valence-electron chi connectivity index (χ3n) is 5.09. The first kappa shape index (κ1) is 18.4. The summed E-state index contributed by atoms with van der Waals surface area (Å²) in [6.07, 6.45) is 3.88. The number of nitrogens with zero attached hydrogens (tertiary/aromatic N) is 2. The minimum absolute atomic E-state index is 0.228. The van der Waals surface area contributed by atoms with Gasteiger partial charge in [0.1, 0.15) is 6.04 Å². The number of piperazine rings is 1. The third-order valence-corrected chi connectivity index (χ3v) is 7.00. The van der Waals surface area contributed by atoms with Gasteiger partial charge in [-0.05, 0) is 42.9 Å². The van der Waals surface area contributed by atoms with Crippen LogP contribution in [-0.4, -0.2) is 60.9 Å². The van der Waals surface area contributed by atoms with E-state index in [-0.39, 0.29) is 5.92 Å². The van der Waals surface area contributed by atoms with Crippen LogP contribution in [0, 0.1) is 5.92 Å². The van der Waals surface area contributed by atoms with E-state index in [1.54, 1.807) is 12.1 Å². The van der Waals surface area contributed by atoms with Gasteiger partial charge >= 0.3 is 5.97 Å². The molecule has 0 radical (unpaired) electrons. The Morgan fingerprint density at radius 3 is 2.24 bits per heavy atom. The molecule has 6 nitrogen and oxygen atoms in total. The van der Waals surface area contributed by atoms with E-state index in [0.717, 1.165) is 31.2 Å². The van der Waals surface area contributed by atoms with Crippen LogP contribution in [0.2, 0.25) is 0 Å². The number of carboxylic acids is 1. The van der Waals surface area contributed by atoms with Crippen molar-refractivity contribution in [2.24, 2.45) is 5.92 Å². The Kier molecular flexibility index (Phi) is 5.46. The fraction of sp³-hybridized carbons (Fsp3) is 0.611. The van der Waals surface area contributed by atoms with E-state index in [2.05, 4.69) is 6.92 Å². The number of aliphatic carboxylic acids is 1. The van der Waals surface area contributed by atoms with E-state index >= 15 is 0 Å². The molecular formula is C18H26N2O4S. The average Bonchev–Trinajstić information content (AvgIpc) is 3.41. The standard InChI is InChI=1S/C18H26N2O4S/c1-2-3-14-4-8-16(9-5-14)25(23,24)20-12-10-19(11-13-20)17(18(21)22)15-6-7-15/h4-5,8-9,15,17H,2-3,6-7,10-13H2,1H3,(H,21,22). The molecule has 138 valence electrons. The monoisotopic (exact) mass is 366 g/mol. The summed E-state index contributed by atoms with van der Waals surface area (Å²) in [5, 5.41) is 9.44. The molecule has 2 fully saturated rings. The Morgan fingerprint density at radius 1 is 1.16 bits per heavy atom. The van der Waals surface area contributed by atoms with Gasteiger partial charge in [0.2, 0.25) is 10.0 Å². The summed E-state index contributed by atoms with van der Waals surface area (Å²) >= 11 is 0. The summed E-state index contributed by atoms with van der Waals surface area (Å²) in [6.45, 7) is 3.72. The van der Waals surface area contributed by atoms with Crippen molar-refractivity contribution >= 4 is 16.0 Å². The number of aryl methyl sites for hydroxylation is 1. The molecule has 1 heterocycles. The first-order valence-corrected chi connectivity index (χ1v) is 10.4. The van der Waals surface area contributed by atoms with Crippen LogP contribution < -0.4 is 0 Å². The number of carboxylic acid groups (broad SMARTS) is 1. The normalized spacial score (nSPS) is 21.2. The maximum atomic E-state index is 12.8. The maximum absolute atomic E-state index is 12.8. The van der Waals surface area contributed by atoms with Crippen LogP contribution in [0.15, 0.2) is 29.2 Å². The smallest absolute Gasteiger partial charge is 0.321 e. The zero-order valence-electron chi connectivity index (χ0n) is 14.6. The van der Waals surface area contributed by atoms with Crippen molar-refractivity contribution in [3.8, 4) is 0 Å². The summed E-state index contributed by atoms with van der Waals surface area (Å²) in [5.41, 5.74) is 1.14. The Bertz CT molecular complexity index is 705. The van der Waals surface area contributed by atoms with E-state index in [4.69, 9.17) is 0 Å². The molecule has 25 heavy (non-hydrogen) atoms. The highest BCUT2D eigenvalue weighted by Crippen LogP contribution is 2.36. The van der Waals surface area contributed by atoms with Gasteiger partial charge < -0.3 is 5.11 Å². The average molecular weight is 366 g/mol. The molecule has 1 aromatic rings. The lowest BCUT2D eigenvalue weighted by Crippen LogP contribution is -2.54. The first-order valence-electron chi connectivity index (χ1n) is 8.99. The van der Waals surface area contributed by atoms with Gasteiger partial charge in [-0.2, -0.15) is 4.31 Å². The Labute approximate surface area is 149 Å². The molecule has 1 aliphatic heterocycles. The predicted molar refractivity (Wildman–Crippen MR) is 94.9 cm³/mol. The van der Waals surface area contributed by atoms with Gasteiger partial charge in [0, 0.05) is 26.2 Å². The molecule has 1 saturated heterocycles. The lowest BCUT2D eigenvalue weighted by atomic mass is 10.1. The quantitative estimate of drug-likeness (QED) is 0.796. The Balaban J connectivity index is 1.65. The van der Waals surface area contributed by atoms with Crippen LogP contribution in [0.1, 0.15) is 31.7 Å². The van der Waals surface area contributed by atoms with Crippen LogP contribution in [0.5, 0.6) is 0 Å². The van der Waals surface area contributed by atoms with Crippen molar-refractivity contribution in [1.29, 1.82) is 0 Å². The fourth-order valence-corrected chi connectivity index (χ4v) is 4.98. The molecule has 1 N–H and O–H groups in total. The van der Waals surface area contributed by atoms with Gasteiger partial charge in [-0.3, -0.25) is 9.69 Å². The van der Waals surface area contributed by atoms with Crippen LogP contribution in [0.3, 0.4) is 0 Å². The topological polar surface area (TPSA) is 77.9 Å². The molecule has 1 saturated carbocycles. The van der Waals surface area contributed by atoms with E-state index in [1.165, 1.54) is 4.31 Å². The SMILES string of the molecule is CCCc1ccc(S(=O)(=O)N2CCN(C(C(=O)O)C3CC3)CC2)cc1. The molecule has 1 aliphatic carbocycles. The van der Waals surface area contributed by atoms with Crippen molar-refractivity contribution < 1.29 is 18.3 Å². The molecule has 7 heteroatoms. The van der Waals surface area contributed by atoms with Crippen molar-refractivity contribution in [2.45, 2.75) is 43.5 Å². The lowest BCUT2D eigenvalue weighted by Gasteiger charge is -2.37. The minimum Gasteiger partial charge on any atom is -0.480 e. The zero-order chi connectivity index (χ0) is 18.0. The molecular weight excluding hydrogens is 340 g/mol. The number of sulfonamides is 1. The van der Waals surface area contributed by atoms with Crippen LogP contribution in [0.25, 0.3) is 0 Å². The summed E-state index contributed by atoms with van der Waals surface area (Å²) in [7, 11) is -3.51. The predicted octanol–water partition coefficient (Wildman–Crippen LogP) is 1.81. The van der Waals surface area contributed by atoms with Crippen molar-refractivity contribution in [2.75, 3.05) is 26.2 Å². The molecule has 2 aliphatic rings. The highest BCUT2D eigenvalue weighted by Gasteiger charge is 2.42. The Morgan fingerprint density at radius 2 is 1.76 bits per heavy atom. The minimum atomic E-state index is -3.51. The van der Waals surface area contributed by atoms with Gasteiger partial charge in [-0.1, -0.05) is 25.5 Å². The molecule has 0 amide bonds. The summed E-state index contributed by atoms with van der Waals surface area (Å²) in [5.74, 6) is -0.558. The van der Waals surface area contributed by atoms with E-state index < -0.39 is 22.0 Å². The molecule has 0 aromatic heterocycles. The van der Waals surface area contributed by atoms with Crippen LogP contribution >= 0.6 is 0 Å². The maximum Gasteiger partial charge on any atom is 0.321 e. The molecule has 1 unspecified atom stereocenters. The molecule has 1 aromatic carbocycles. The van der Waals surface area contributed by atoms with Gasteiger partial charge in [-0.25, -0.2) is 8.42 Å².